The molecule has 5 heteroatoms. The fourth-order valence-corrected chi connectivity index (χ4v) is 2.97. The summed E-state index contributed by atoms with van der Waals surface area (Å²) in [5.41, 5.74) is 0.477. The lowest BCUT2D eigenvalue weighted by Gasteiger charge is -2.42. The lowest BCUT2D eigenvalue weighted by molar-refractivity contribution is -0.0210. The van der Waals surface area contributed by atoms with Gasteiger partial charge in [0.1, 0.15) is 11.8 Å². The second-order valence-corrected chi connectivity index (χ2v) is 5.43. The zero-order chi connectivity index (χ0) is 15.3. The van der Waals surface area contributed by atoms with Crippen molar-refractivity contribution in [2.45, 2.75) is 58.2 Å². The summed E-state index contributed by atoms with van der Waals surface area (Å²) in [4.78, 5) is 2.11. The van der Waals surface area contributed by atoms with E-state index >= 15 is 0 Å². The summed E-state index contributed by atoms with van der Waals surface area (Å²) in [6, 6.07) is 0. The highest BCUT2D eigenvalue weighted by Crippen LogP contribution is 2.39. The van der Waals surface area contributed by atoms with Crippen LogP contribution in [-0.4, -0.2) is 46.5 Å². The fourth-order valence-electron chi connectivity index (χ4n) is 2.97. The standard InChI is InChI=1S/C15H29N3O2/c1-7-10-18-13(12(20-6)11-16-18)14(19)15(8-2,9-3)17(4)5/h11,14,19H,7-10H2,1-6H3. The van der Waals surface area contributed by atoms with Gasteiger partial charge in [-0.15, -0.1) is 0 Å². The average Bonchev–Trinajstić information content (AvgIpc) is 2.83. The Hall–Kier alpha value is -1.07. The summed E-state index contributed by atoms with van der Waals surface area (Å²) in [7, 11) is 5.66. The lowest BCUT2D eigenvalue weighted by atomic mass is 9.83. The van der Waals surface area contributed by atoms with Crippen LogP contribution in [0.1, 0.15) is 51.8 Å². The van der Waals surface area contributed by atoms with Crippen LogP contribution in [0.2, 0.25) is 0 Å². The molecule has 0 radical (unpaired) electrons. The number of aliphatic hydroxyl groups excluding tert-OH is 1. The van der Waals surface area contributed by atoms with E-state index in [4.69, 9.17) is 4.74 Å². The molecule has 1 unspecified atom stereocenters. The molecule has 0 fully saturated rings. The third-order valence-electron chi connectivity index (χ3n) is 4.38. The molecule has 0 aliphatic heterocycles. The van der Waals surface area contributed by atoms with Crippen LogP contribution >= 0.6 is 0 Å². The number of likely N-dealkylation sites (N-methyl/N-ethyl adjacent to an activating group) is 1. The lowest BCUT2D eigenvalue weighted by Crippen LogP contribution is -2.49. The Kier molecular flexibility index (Phi) is 6.02. The Bertz CT molecular complexity index is 411. The van der Waals surface area contributed by atoms with E-state index in [9.17, 15) is 5.11 Å². The maximum Gasteiger partial charge on any atom is 0.162 e. The van der Waals surface area contributed by atoms with Crippen LogP contribution in [-0.2, 0) is 6.54 Å². The molecule has 5 nitrogen and oxygen atoms in total. The zero-order valence-electron chi connectivity index (χ0n) is 13.7. The van der Waals surface area contributed by atoms with E-state index < -0.39 is 6.10 Å². The number of hydrogen-bond acceptors (Lipinski definition) is 4. The summed E-state index contributed by atoms with van der Waals surface area (Å²) >= 11 is 0. The van der Waals surface area contributed by atoms with E-state index in [2.05, 4.69) is 30.8 Å². The molecule has 1 N–H and O–H groups in total. The number of methoxy groups -OCH3 is 1. The maximum atomic E-state index is 11.0. The van der Waals surface area contributed by atoms with Crippen LogP contribution in [0, 0.1) is 0 Å². The number of rotatable bonds is 8. The Morgan fingerprint density at radius 2 is 1.95 bits per heavy atom. The van der Waals surface area contributed by atoms with E-state index in [0.29, 0.717) is 5.75 Å². The third-order valence-corrected chi connectivity index (χ3v) is 4.38. The Morgan fingerprint density at radius 3 is 2.35 bits per heavy atom. The van der Waals surface area contributed by atoms with Crippen LogP contribution in [0.25, 0.3) is 0 Å². The first-order valence-electron chi connectivity index (χ1n) is 7.43. The maximum absolute atomic E-state index is 11.0. The number of ether oxygens (including phenoxy) is 1. The van der Waals surface area contributed by atoms with Crippen LogP contribution in [0.15, 0.2) is 6.20 Å². The van der Waals surface area contributed by atoms with Crippen molar-refractivity contribution in [1.82, 2.24) is 14.7 Å². The summed E-state index contributed by atoms with van der Waals surface area (Å²) < 4.78 is 7.26. The highest BCUT2D eigenvalue weighted by molar-refractivity contribution is 5.30. The van der Waals surface area contributed by atoms with Crippen LogP contribution in [0.4, 0.5) is 0 Å². The van der Waals surface area contributed by atoms with Crippen LogP contribution in [0.5, 0.6) is 5.75 Å². The largest absolute Gasteiger partial charge is 0.493 e. The van der Waals surface area contributed by atoms with Crippen molar-refractivity contribution in [3.05, 3.63) is 11.9 Å². The molecule has 0 spiro atoms. The SMILES string of the molecule is CCCn1ncc(OC)c1C(O)C(CC)(CC)N(C)C. The van der Waals surface area contributed by atoms with E-state index in [1.54, 1.807) is 13.3 Å². The van der Waals surface area contributed by atoms with Crippen LogP contribution < -0.4 is 4.74 Å². The minimum absolute atomic E-state index is 0.307. The van der Waals surface area contributed by atoms with Gasteiger partial charge >= 0.3 is 0 Å². The van der Waals surface area contributed by atoms with E-state index in [0.717, 1.165) is 31.5 Å². The Labute approximate surface area is 122 Å². The molecular formula is C15H29N3O2. The number of aliphatic hydroxyl groups is 1. The van der Waals surface area contributed by atoms with Crippen molar-refractivity contribution in [2.24, 2.45) is 0 Å². The second-order valence-electron chi connectivity index (χ2n) is 5.43. The van der Waals surface area contributed by atoms with Gasteiger partial charge in [0.05, 0.1) is 18.8 Å². The van der Waals surface area contributed by atoms with Gasteiger partial charge in [0.25, 0.3) is 0 Å². The molecule has 0 saturated heterocycles. The first kappa shape index (κ1) is 17.0. The molecule has 0 amide bonds. The van der Waals surface area contributed by atoms with Crippen molar-refractivity contribution in [3.63, 3.8) is 0 Å². The summed E-state index contributed by atoms with van der Waals surface area (Å²) in [5.74, 6) is 0.666. The fraction of sp³-hybridized carbons (Fsp3) is 0.800. The minimum atomic E-state index is -0.628. The number of hydrogen-bond donors (Lipinski definition) is 1. The highest BCUT2D eigenvalue weighted by atomic mass is 16.5. The van der Waals surface area contributed by atoms with Gasteiger partial charge in [-0.1, -0.05) is 20.8 Å². The topological polar surface area (TPSA) is 50.5 Å². The van der Waals surface area contributed by atoms with E-state index in [1.807, 2.05) is 18.8 Å². The summed E-state index contributed by atoms with van der Waals surface area (Å²) in [6.07, 6.45) is 3.75. The molecule has 1 atom stereocenters. The van der Waals surface area contributed by atoms with Gasteiger partial charge in [-0.05, 0) is 33.4 Å². The monoisotopic (exact) mass is 283 g/mol. The molecule has 1 rings (SSSR count). The number of nitrogens with zero attached hydrogens (tertiary/aromatic N) is 3. The molecule has 1 aromatic rings. The number of aromatic nitrogens is 2. The molecule has 0 aliphatic rings. The van der Waals surface area contributed by atoms with Gasteiger partial charge in [0.2, 0.25) is 0 Å². The van der Waals surface area contributed by atoms with Gasteiger partial charge in [0.15, 0.2) is 5.75 Å². The first-order valence-corrected chi connectivity index (χ1v) is 7.43. The molecule has 0 aromatic carbocycles. The van der Waals surface area contributed by atoms with Crippen molar-refractivity contribution >= 4 is 0 Å². The van der Waals surface area contributed by atoms with Gasteiger partial charge in [-0.3, -0.25) is 4.68 Å². The number of aryl methyl sites for hydroxylation is 1. The Morgan fingerprint density at radius 1 is 1.35 bits per heavy atom. The quantitative estimate of drug-likeness (QED) is 0.796. The third kappa shape index (κ3) is 2.83. The molecular weight excluding hydrogens is 254 g/mol. The van der Waals surface area contributed by atoms with E-state index in [-0.39, 0.29) is 5.54 Å². The average molecular weight is 283 g/mol. The molecule has 20 heavy (non-hydrogen) atoms. The summed E-state index contributed by atoms with van der Waals surface area (Å²) in [6.45, 7) is 7.11. The van der Waals surface area contributed by atoms with Gasteiger partial charge < -0.3 is 14.7 Å². The predicted molar refractivity (Wildman–Crippen MR) is 81.0 cm³/mol. The highest BCUT2D eigenvalue weighted by Gasteiger charge is 2.41. The van der Waals surface area contributed by atoms with Crippen molar-refractivity contribution in [3.8, 4) is 5.75 Å². The van der Waals surface area contributed by atoms with Crippen molar-refractivity contribution in [1.29, 1.82) is 0 Å². The predicted octanol–water partition coefficient (Wildman–Crippen LogP) is 2.46. The van der Waals surface area contributed by atoms with E-state index in [1.165, 1.54) is 0 Å². The summed E-state index contributed by atoms with van der Waals surface area (Å²) in [5, 5.41) is 15.4. The molecule has 116 valence electrons. The molecule has 1 aromatic heterocycles. The zero-order valence-corrected chi connectivity index (χ0v) is 13.7. The van der Waals surface area contributed by atoms with Gasteiger partial charge in [-0.2, -0.15) is 5.10 Å². The molecule has 0 saturated carbocycles. The van der Waals surface area contributed by atoms with Crippen LogP contribution in [0.3, 0.4) is 0 Å². The van der Waals surface area contributed by atoms with Gasteiger partial charge in [-0.25, -0.2) is 0 Å². The van der Waals surface area contributed by atoms with Crippen molar-refractivity contribution < 1.29 is 9.84 Å². The molecule has 0 bridgehead atoms. The second kappa shape index (κ2) is 7.09. The minimum Gasteiger partial charge on any atom is -0.493 e. The smallest absolute Gasteiger partial charge is 0.162 e. The normalized spacial score (nSPS) is 13.8. The molecule has 1 heterocycles. The molecule has 0 aliphatic carbocycles. The van der Waals surface area contributed by atoms with Crippen molar-refractivity contribution in [2.75, 3.05) is 21.2 Å². The first-order chi connectivity index (χ1) is 9.48. The van der Waals surface area contributed by atoms with Gasteiger partial charge in [0, 0.05) is 6.54 Å². The Balaban J connectivity index is 3.29.